The predicted molar refractivity (Wildman–Crippen MR) is 128 cm³/mol. The highest BCUT2D eigenvalue weighted by Crippen LogP contribution is 2.36. The molecule has 0 aromatic heterocycles. The molecule has 0 bridgehead atoms. The van der Waals surface area contributed by atoms with Gasteiger partial charge in [-0.1, -0.05) is 30.3 Å². The molecule has 1 amide bonds. The monoisotopic (exact) mass is 542 g/mol. The van der Waals surface area contributed by atoms with Crippen LogP contribution in [0, 0.1) is 5.82 Å². The summed E-state index contributed by atoms with van der Waals surface area (Å²) in [4.78, 5) is 12.9. The molecule has 1 aliphatic heterocycles. The quantitative estimate of drug-likeness (QED) is 0.334. The fourth-order valence-electron chi connectivity index (χ4n) is 3.18. The minimum absolute atomic E-state index is 0.178. The fraction of sp³-hybridized carbons (Fsp3) is 0.0833. The first kappa shape index (κ1) is 21.5. The lowest BCUT2D eigenvalue weighted by Crippen LogP contribution is -2.21. The van der Waals surface area contributed by atoms with Gasteiger partial charge in [0.2, 0.25) is 0 Å². The Morgan fingerprint density at radius 3 is 2.42 bits per heavy atom. The summed E-state index contributed by atoms with van der Waals surface area (Å²) in [5.74, 6) is 0.117. The van der Waals surface area contributed by atoms with E-state index in [0.717, 1.165) is 16.8 Å². The van der Waals surface area contributed by atoms with Gasteiger partial charge in [-0.05, 0) is 92.4 Å². The van der Waals surface area contributed by atoms with E-state index in [2.05, 4.69) is 37.0 Å². The van der Waals surface area contributed by atoms with Crippen molar-refractivity contribution in [3.05, 3.63) is 98.2 Å². The summed E-state index contributed by atoms with van der Waals surface area (Å²) in [6, 6.07) is 19.3. The Morgan fingerprint density at radius 1 is 1.03 bits per heavy atom. The molecule has 4 rings (SSSR count). The number of carbonyl (C=O) groups excluding carboxylic acids is 1. The molecule has 0 aliphatic carbocycles. The van der Waals surface area contributed by atoms with Crippen LogP contribution in [0.25, 0.3) is 6.08 Å². The van der Waals surface area contributed by atoms with E-state index >= 15 is 0 Å². The van der Waals surface area contributed by atoms with Crippen LogP contribution in [0.5, 0.6) is 5.75 Å². The minimum atomic E-state index is -0.302. The first-order valence-corrected chi connectivity index (χ1v) is 11.0. The average Bonchev–Trinajstić information content (AvgIpc) is 3.02. The van der Waals surface area contributed by atoms with Crippen LogP contribution >= 0.6 is 31.9 Å². The lowest BCUT2D eigenvalue weighted by molar-refractivity contribution is -0.114. The maximum atomic E-state index is 13.4. The summed E-state index contributed by atoms with van der Waals surface area (Å²) < 4.78 is 20.7. The zero-order chi connectivity index (χ0) is 22.0. The lowest BCUT2D eigenvalue weighted by atomic mass is 10.1. The van der Waals surface area contributed by atoms with Crippen molar-refractivity contribution in [1.82, 2.24) is 0 Å². The van der Waals surface area contributed by atoms with Gasteiger partial charge in [0, 0.05) is 0 Å². The number of hydrogen-bond donors (Lipinski definition) is 0. The third kappa shape index (κ3) is 4.78. The molecule has 0 N–H and O–H groups in total. The van der Waals surface area contributed by atoms with Crippen molar-refractivity contribution >= 4 is 55.2 Å². The molecular formula is C24H17Br2FN2O2. The van der Waals surface area contributed by atoms with E-state index in [4.69, 9.17) is 4.74 Å². The first-order valence-electron chi connectivity index (χ1n) is 9.45. The average molecular weight is 544 g/mol. The highest BCUT2D eigenvalue weighted by molar-refractivity contribution is 9.11. The van der Waals surface area contributed by atoms with Gasteiger partial charge in [-0.2, -0.15) is 10.1 Å². The number of amides is 1. The largest absolute Gasteiger partial charge is 0.487 e. The second-order valence-corrected chi connectivity index (χ2v) is 8.64. The van der Waals surface area contributed by atoms with E-state index in [1.807, 2.05) is 49.4 Å². The van der Waals surface area contributed by atoms with Crippen LogP contribution in [0.3, 0.4) is 0 Å². The highest BCUT2D eigenvalue weighted by Gasteiger charge is 2.28. The number of anilines is 1. The fourth-order valence-corrected chi connectivity index (χ4v) is 4.63. The summed E-state index contributed by atoms with van der Waals surface area (Å²) >= 11 is 7.06. The van der Waals surface area contributed by atoms with Crippen LogP contribution in [0.15, 0.2) is 86.3 Å². The molecule has 1 aliphatic rings. The predicted octanol–water partition coefficient (Wildman–Crippen LogP) is 6.74. The van der Waals surface area contributed by atoms with Crippen molar-refractivity contribution < 1.29 is 13.9 Å². The van der Waals surface area contributed by atoms with E-state index in [0.29, 0.717) is 26.0 Å². The molecule has 0 radical (unpaired) electrons. The molecule has 156 valence electrons. The molecule has 0 atom stereocenters. The normalized spacial score (nSPS) is 14.8. The van der Waals surface area contributed by atoms with E-state index in [1.165, 1.54) is 17.1 Å². The third-order valence-electron chi connectivity index (χ3n) is 4.67. The van der Waals surface area contributed by atoms with Crippen molar-refractivity contribution in [3.63, 3.8) is 0 Å². The number of rotatable bonds is 5. The molecule has 0 spiro atoms. The summed E-state index contributed by atoms with van der Waals surface area (Å²) in [6.45, 7) is 2.04. The van der Waals surface area contributed by atoms with Gasteiger partial charge in [0.1, 0.15) is 18.2 Å². The molecule has 0 fully saturated rings. The molecule has 7 heteroatoms. The first-order chi connectivity index (χ1) is 14.9. The second kappa shape index (κ2) is 9.16. The van der Waals surface area contributed by atoms with Crippen molar-refractivity contribution in [2.75, 3.05) is 5.01 Å². The molecule has 0 unspecified atom stereocenters. The van der Waals surface area contributed by atoms with E-state index in [9.17, 15) is 9.18 Å². The molecule has 3 aromatic carbocycles. The smallest absolute Gasteiger partial charge is 0.280 e. The van der Waals surface area contributed by atoms with Gasteiger partial charge >= 0.3 is 0 Å². The topological polar surface area (TPSA) is 41.9 Å². The maximum absolute atomic E-state index is 13.4. The zero-order valence-corrected chi connectivity index (χ0v) is 19.7. The highest BCUT2D eigenvalue weighted by atomic mass is 79.9. The third-order valence-corrected chi connectivity index (χ3v) is 5.85. The van der Waals surface area contributed by atoms with Crippen LogP contribution in [-0.2, 0) is 11.4 Å². The lowest BCUT2D eigenvalue weighted by Gasteiger charge is -2.12. The Hall–Kier alpha value is -2.77. The number of halogens is 3. The molecule has 0 saturated carbocycles. The summed E-state index contributed by atoms with van der Waals surface area (Å²) in [7, 11) is 0. The van der Waals surface area contributed by atoms with Gasteiger partial charge in [-0.25, -0.2) is 4.39 Å². The van der Waals surface area contributed by atoms with E-state index < -0.39 is 0 Å². The van der Waals surface area contributed by atoms with Crippen LogP contribution in [0.4, 0.5) is 10.1 Å². The van der Waals surface area contributed by atoms with Gasteiger partial charge < -0.3 is 4.74 Å². The Labute approximate surface area is 196 Å². The molecule has 4 nitrogen and oxygen atoms in total. The second-order valence-electron chi connectivity index (χ2n) is 6.93. The van der Waals surface area contributed by atoms with Crippen LogP contribution in [0.1, 0.15) is 18.1 Å². The van der Waals surface area contributed by atoms with Crippen molar-refractivity contribution in [2.45, 2.75) is 13.5 Å². The maximum Gasteiger partial charge on any atom is 0.280 e. The molecule has 1 heterocycles. The van der Waals surface area contributed by atoms with E-state index in [-0.39, 0.29) is 18.3 Å². The number of carbonyl (C=O) groups is 1. The number of ether oxygens (including phenoxy) is 1. The molecule has 31 heavy (non-hydrogen) atoms. The number of benzene rings is 3. The SMILES string of the molecule is CC1=NN(c2ccccc2)C(=O)/C1=C/c1cc(Br)c(OCc2cccc(F)c2)c(Br)c1. The number of hydrazone groups is 1. The summed E-state index contributed by atoms with van der Waals surface area (Å²) in [5.41, 5.74) is 3.43. The Morgan fingerprint density at radius 2 is 1.74 bits per heavy atom. The number of hydrogen-bond acceptors (Lipinski definition) is 3. The number of para-hydroxylation sites is 1. The van der Waals surface area contributed by atoms with Crippen LogP contribution in [0.2, 0.25) is 0 Å². The van der Waals surface area contributed by atoms with Gasteiger partial charge in [-0.3, -0.25) is 4.79 Å². The van der Waals surface area contributed by atoms with Crippen molar-refractivity contribution in [2.24, 2.45) is 5.10 Å². The van der Waals surface area contributed by atoms with E-state index in [1.54, 1.807) is 18.2 Å². The van der Waals surface area contributed by atoms with Crippen molar-refractivity contribution in [1.29, 1.82) is 0 Å². The van der Waals surface area contributed by atoms with Crippen LogP contribution in [-0.4, -0.2) is 11.6 Å². The Balaban J connectivity index is 1.56. The van der Waals surface area contributed by atoms with Crippen molar-refractivity contribution in [3.8, 4) is 5.75 Å². The molecular weight excluding hydrogens is 527 g/mol. The van der Waals surface area contributed by atoms with Gasteiger partial charge in [0.15, 0.2) is 0 Å². The van der Waals surface area contributed by atoms with Gasteiger partial charge in [0.05, 0.1) is 25.9 Å². The van der Waals surface area contributed by atoms with Gasteiger partial charge in [0.25, 0.3) is 5.91 Å². The Bertz CT molecular complexity index is 1190. The molecule has 3 aromatic rings. The molecule has 0 saturated heterocycles. The summed E-state index contributed by atoms with van der Waals surface area (Å²) in [5, 5.41) is 5.81. The van der Waals surface area contributed by atoms with Gasteiger partial charge in [-0.15, -0.1) is 0 Å². The Kier molecular flexibility index (Phi) is 6.34. The zero-order valence-electron chi connectivity index (χ0n) is 16.5. The minimum Gasteiger partial charge on any atom is -0.487 e. The summed E-state index contributed by atoms with van der Waals surface area (Å²) in [6.07, 6.45) is 1.80. The van der Waals surface area contributed by atoms with Crippen LogP contribution < -0.4 is 9.75 Å². The standard InChI is InChI=1S/C24H17Br2FN2O2/c1-15-20(24(30)29(28-15)19-8-3-2-4-9-19)11-17-12-21(25)23(22(26)13-17)31-14-16-6-5-7-18(27)10-16/h2-13H,14H2,1H3/b20-11+. The number of nitrogens with zero attached hydrogens (tertiary/aromatic N) is 2.